The van der Waals surface area contributed by atoms with Crippen LogP contribution in [0.1, 0.15) is 29.4 Å². The number of carbonyl (C=O) groups excluding carboxylic acids is 1. The van der Waals surface area contributed by atoms with Crippen LogP contribution in [0.3, 0.4) is 0 Å². The number of carbonyl (C=O) groups is 1. The van der Waals surface area contributed by atoms with Crippen molar-refractivity contribution in [2.75, 3.05) is 27.2 Å². The molecule has 1 saturated heterocycles. The Kier molecular flexibility index (Phi) is 4.77. The maximum Gasteiger partial charge on any atom is 0.254 e. The highest BCUT2D eigenvalue weighted by Gasteiger charge is 2.30. The zero-order chi connectivity index (χ0) is 19.8. The maximum absolute atomic E-state index is 13.4. The van der Waals surface area contributed by atoms with E-state index in [1.54, 1.807) is 24.3 Å². The fourth-order valence-corrected chi connectivity index (χ4v) is 3.81. The molecule has 0 radical (unpaired) electrons. The first-order valence-corrected chi connectivity index (χ1v) is 9.61. The Bertz CT molecular complexity index is 1010. The number of fused-ring (bicyclic) bond motifs is 1. The van der Waals surface area contributed by atoms with Gasteiger partial charge in [-0.1, -0.05) is 6.92 Å². The van der Waals surface area contributed by atoms with Crippen LogP contribution in [0.15, 0.2) is 30.3 Å². The van der Waals surface area contributed by atoms with Gasteiger partial charge < -0.3 is 14.9 Å². The second kappa shape index (κ2) is 7.24. The highest BCUT2D eigenvalue weighted by Crippen LogP contribution is 2.29. The molecule has 0 saturated carbocycles. The number of likely N-dealkylation sites (N-methyl/N-ethyl adjacent to an activating group) is 1. The summed E-state index contributed by atoms with van der Waals surface area (Å²) in [6, 6.07) is 9.06. The number of H-pyrrole nitrogens is 1. The van der Waals surface area contributed by atoms with E-state index in [1.165, 1.54) is 0 Å². The van der Waals surface area contributed by atoms with Gasteiger partial charge in [-0.15, -0.1) is 0 Å². The fourth-order valence-electron chi connectivity index (χ4n) is 3.81. The smallest absolute Gasteiger partial charge is 0.254 e. The molecular weight excluding hydrogens is 354 g/mol. The number of benzene rings is 1. The highest BCUT2D eigenvalue weighted by atomic mass is 16.3. The summed E-state index contributed by atoms with van der Waals surface area (Å²) in [6.07, 6.45) is 1.72. The van der Waals surface area contributed by atoms with Crippen LogP contribution in [0, 0.1) is 0 Å². The lowest BCUT2D eigenvalue weighted by molar-refractivity contribution is 0.0785. The minimum absolute atomic E-state index is 0.0212. The van der Waals surface area contributed by atoms with Crippen molar-refractivity contribution in [1.82, 2.24) is 25.0 Å². The van der Waals surface area contributed by atoms with Crippen molar-refractivity contribution < 1.29 is 9.90 Å². The van der Waals surface area contributed by atoms with E-state index in [-0.39, 0.29) is 11.7 Å². The SMILES string of the molecule is CCc1[nH]nc2nc(-c3ccc(O)cc3)cc(C(=O)N3CC[C@@H](N(C)C)C3)c12. The number of aromatic amines is 1. The molecule has 1 amide bonds. The lowest BCUT2D eigenvalue weighted by atomic mass is 10.0. The molecule has 146 valence electrons. The molecule has 1 aromatic carbocycles. The standard InChI is InChI=1S/C21H25N5O2/c1-4-17-19-16(21(28)26-10-9-14(12-26)25(2)3)11-18(22-20(19)24-23-17)13-5-7-15(27)8-6-13/h5-8,11,14,27H,4,9-10,12H2,1-3H3,(H,22,23,24)/t14-/m1/s1. The van der Waals surface area contributed by atoms with Gasteiger partial charge in [-0.05, 0) is 57.3 Å². The topological polar surface area (TPSA) is 85.3 Å². The number of pyridine rings is 1. The lowest BCUT2D eigenvalue weighted by Gasteiger charge is -2.21. The molecule has 28 heavy (non-hydrogen) atoms. The summed E-state index contributed by atoms with van der Waals surface area (Å²) < 4.78 is 0. The number of nitrogens with zero attached hydrogens (tertiary/aromatic N) is 4. The summed E-state index contributed by atoms with van der Waals surface area (Å²) in [4.78, 5) is 22.2. The summed E-state index contributed by atoms with van der Waals surface area (Å²) in [5, 5.41) is 17.7. The van der Waals surface area contributed by atoms with Gasteiger partial charge in [0.2, 0.25) is 0 Å². The average molecular weight is 379 g/mol. The second-order valence-corrected chi connectivity index (χ2v) is 7.51. The van der Waals surface area contributed by atoms with E-state index in [4.69, 9.17) is 0 Å². The molecule has 0 unspecified atom stereocenters. The zero-order valence-corrected chi connectivity index (χ0v) is 16.4. The van der Waals surface area contributed by atoms with Crippen molar-refractivity contribution >= 4 is 16.9 Å². The number of hydrogen-bond donors (Lipinski definition) is 2. The number of phenols is 1. The van der Waals surface area contributed by atoms with E-state index >= 15 is 0 Å². The van der Waals surface area contributed by atoms with E-state index in [0.717, 1.165) is 42.6 Å². The average Bonchev–Trinajstić information content (AvgIpc) is 3.34. The number of aryl methyl sites for hydroxylation is 1. The van der Waals surface area contributed by atoms with Crippen molar-refractivity contribution in [2.45, 2.75) is 25.8 Å². The number of nitrogens with one attached hydrogen (secondary N) is 1. The van der Waals surface area contributed by atoms with Gasteiger partial charge in [0.05, 0.1) is 16.6 Å². The molecular formula is C21H25N5O2. The van der Waals surface area contributed by atoms with Crippen LogP contribution in [0.5, 0.6) is 5.75 Å². The van der Waals surface area contributed by atoms with Crippen molar-refractivity contribution in [3.8, 4) is 17.0 Å². The van der Waals surface area contributed by atoms with E-state index in [9.17, 15) is 9.90 Å². The Hall–Kier alpha value is -2.93. The van der Waals surface area contributed by atoms with E-state index in [0.29, 0.717) is 22.9 Å². The predicted octanol–water partition coefficient (Wildman–Crippen LogP) is 2.67. The third kappa shape index (κ3) is 3.22. The molecule has 1 fully saturated rings. The van der Waals surface area contributed by atoms with Crippen molar-refractivity contribution in [3.05, 3.63) is 41.6 Å². The van der Waals surface area contributed by atoms with Crippen LogP contribution in [-0.2, 0) is 6.42 Å². The summed E-state index contributed by atoms with van der Waals surface area (Å²) in [7, 11) is 4.11. The number of likely N-dealkylation sites (tertiary alicyclic amines) is 1. The van der Waals surface area contributed by atoms with Crippen LogP contribution in [0.25, 0.3) is 22.3 Å². The molecule has 0 aliphatic carbocycles. The van der Waals surface area contributed by atoms with Crippen LogP contribution in [0.4, 0.5) is 0 Å². The molecule has 3 aromatic rings. The molecule has 1 atom stereocenters. The molecule has 3 heterocycles. The van der Waals surface area contributed by atoms with Gasteiger partial charge in [0.1, 0.15) is 5.75 Å². The molecule has 2 aromatic heterocycles. The summed E-state index contributed by atoms with van der Waals surface area (Å²) >= 11 is 0. The van der Waals surface area contributed by atoms with E-state index in [1.807, 2.05) is 17.9 Å². The number of phenolic OH excluding ortho intramolecular Hbond substituents is 1. The monoisotopic (exact) mass is 379 g/mol. The number of amides is 1. The quantitative estimate of drug-likeness (QED) is 0.728. The normalized spacial score (nSPS) is 17.0. The van der Waals surface area contributed by atoms with Crippen molar-refractivity contribution in [1.29, 1.82) is 0 Å². The predicted molar refractivity (Wildman–Crippen MR) is 108 cm³/mol. The van der Waals surface area contributed by atoms with Crippen LogP contribution in [0.2, 0.25) is 0 Å². The molecule has 7 heteroatoms. The van der Waals surface area contributed by atoms with E-state index in [2.05, 4.69) is 34.2 Å². The van der Waals surface area contributed by atoms with Gasteiger partial charge >= 0.3 is 0 Å². The zero-order valence-electron chi connectivity index (χ0n) is 16.4. The van der Waals surface area contributed by atoms with E-state index < -0.39 is 0 Å². The van der Waals surface area contributed by atoms with Crippen LogP contribution < -0.4 is 0 Å². The third-order valence-corrected chi connectivity index (χ3v) is 5.53. The van der Waals surface area contributed by atoms with Crippen LogP contribution >= 0.6 is 0 Å². The maximum atomic E-state index is 13.4. The Morgan fingerprint density at radius 3 is 2.71 bits per heavy atom. The molecule has 4 rings (SSSR count). The number of rotatable bonds is 4. The number of aromatic hydroxyl groups is 1. The largest absolute Gasteiger partial charge is 0.508 e. The first-order chi connectivity index (χ1) is 13.5. The Morgan fingerprint density at radius 2 is 2.07 bits per heavy atom. The summed E-state index contributed by atoms with van der Waals surface area (Å²) in [6.45, 7) is 3.51. The Labute approximate surface area is 164 Å². The molecule has 0 bridgehead atoms. The molecule has 1 aliphatic heterocycles. The van der Waals surface area contributed by atoms with Gasteiger partial charge in [0.15, 0.2) is 5.65 Å². The van der Waals surface area contributed by atoms with Gasteiger partial charge in [0.25, 0.3) is 5.91 Å². The molecule has 2 N–H and O–H groups in total. The highest BCUT2D eigenvalue weighted by molar-refractivity contribution is 6.07. The molecule has 0 spiro atoms. The van der Waals surface area contributed by atoms with Gasteiger partial charge in [0, 0.05) is 30.4 Å². The van der Waals surface area contributed by atoms with Gasteiger partial charge in [-0.3, -0.25) is 9.89 Å². The lowest BCUT2D eigenvalue weighted by Crippen LogP contribution is -2.34. The summed E-state index contributed by atoms with van der Waals surface area (Å²) in [5.74, 6) is 0.217. The minimum atomic E-state index is 0.0212. The first-order valence-electron chi connectivity index (χ1n) is 9.61. The minimum Gasteiger partial charge on any atom is -0.508 e. The number of aromatic nitrogens is 3. The molecule has 7 nitrogen and oxygen atoms in total. The van der Waals surface area contributed by atoms with Gasteiger partial charge in [-0.25, -0.2) is 4.98 Å². The van der Waals surface area contributed by atoms with Crippen molar-refractivity contribution in [2.24, 2.45) is 0 Å². The fraction of sp³-hybridized carbons (Fsp3) is 0.381. The van der Waals surface area contributed by atoms with Crippen molar-refractivity contribution in [3.63, 3.8) is 0 Å². The summed E-state index contributed by atoms with van der Waals surface area (Å²) in [5.41, 5.74) is 3.62. The number of hydrogen-bond acceptors (Lipinski definition) is 5. The van der Waals surface area contributed by atoms with Gasteiger partial charge in [-0.2, -0.15) is 5.10 Å². The van der Waals surface area contributed by atoms with Crippen LogP contribution in [-0.4, -0.2) is 69.2 Å². The Balaban J connectivity index is 1.80. The third-order valence-electron chi connectivity index (χ3n) is 5.53. The Morgan fingerprint density at radius 1 is 1.32 bits per heavy atom. The second-order valence-electron chi connectivity index (χ2n) is 7.51. The molecule has 1 aliphatic rings. The first kappa shape index (κ1) is 18.4.